The molecule has 0 radical (unpaired) electrons. The van der Waals surface area contributed by atoms with Crippen LogP contribution in [0.15, 0.2) is 12.2 Å². The molecule has 0 bridgehead atoms. The quantitative estimate of drug-likeness (QED) is 0.407. The van der Waals surface area contributed by atoms with Gasteiger partial charge in [0.25, 0.3) is 0 Å². The van der Waals surface area contributed by atoms with Crippen molar-refractivity contribution in [1.29, 1.82) is 0 Å². The maximum Gasteiger partial charge on any atom is 0.331 e. The molecule has 0 N–H and O–H groups in total. The van der Waals surface area contributed by atoms with Gasteiger partial charge in [-0.2, -0.15) is 0 Å². The van der Waals surface area contributed by atoms with Crippen molar-refractivity contribution in [2.24, 2.45) is 17.8 Å². The summed E-state index contributed by atoms with van der Waals surface area (Å²) in [6.45, 7) is 9.02. The molecule has 1 rings (SSSR count). The zero-order chi connectivity index (χ0) is 16.5. The first-order valence-electron chi connectivity index (χ1n) is 8.42. The monoisotopic (exact) mass is 310 g/mol. The number of rotatable bonds is 7. The molecule has 0 heterocycles. The van der Waals surface area contributed by atoms with Gasteiger partial charge >= 0.3 is 11.9 Å². The fourth-order valence-electron chi connectivity index (χ4n) is 3.02. The van der Waals surface area contributed by atoms with Crippen LogP contribution in [-0.2, 0) is 19.1 Å². The Bertz CT molecular complexity index is 377. The topological polar surface area (TPSA) is 52.6 Å². The van der Waals surface area contributed by atoms with Gasteiger partial charge in [0.2, 0.25) is 0 Å². The normalized spacial score (nSPS) is 25.4. The number of hydrogen-bond donors (Lipinski definition) is 0. The molecule has 1 aliphatic rings. The fraction of sp³-hybridized carbons (Fsp3) is 0.778. The lowest BCUT2D eigenvalue weighted by Gasteiger charge is -2.30. The van der Waals surface area contributed by atoms with Crippen molar-refractivity contribution in [2.45, 2.75) is 65.9 Å². The third-order valence-corrected chi connectivity index (χ3v) is 3.94. The minimum Gasteiger partial charge on any atom is -0.463 e. The summed E-state index contributed by atoms with van der Waals surface area (Å²) in [7, 11) is 0. The highest BCUT2D eigenvalue weighted by molar-refractivity contribution is 5.91. The Labute approximate surface area is 134 Å². The minimum atomic E-state index is -0.480. The van der Waals surface area contributed by atoms with Gasteiger partial charge in [-0.1, -0.05) is 27.7 Å². The van der Waals surface area contributed by atoms with Gasteiger partial charge in [0.1, 0.15) is 6.10 Å². The average Bonchev–Trinajstić information content (AvgIpc) is 2.40. The molecule has 4 nitrogen and oxygen atoms in total. The first-order chi connectivity index (χ1) is 10.4. The third kappa shape index (κ3) is 8.20. The van der Waals surface area contributed by atoms with Crippen molar-refractivity contribution in [2.75, 3.05) is 6.61 Å². The molecule has 0 saturated heterocycles. The summed E-state index contributed by atoms with van der Waals surface area (Å²) in [5.41, 5.74) is 0. The van der Waals surface area contributed by atoms with Gasteiger partial charge in [0.15, 0.2) is 0 Å². The number of carbonyl (C=O) groups excluding carboxylic acids is 2. The highest BCUT2D eigenvalue weighted by atomic mass is 16.5. The summed E-state index contributed by atoms with van der Waals surface area (Å²) in [5, 5.41) is 0. The van der Waals surface area contributed by atoms with Gasteiger partial charge in [-0.3, -0.25) is 0 Å². The van der Waals surface area contributed by atoms with E-state index in [0.717, 1.165) is 31.8 Å². The molecule has 1 fully saturated rings. The first kappa shape index (κ1) is 18.7. The van der Waals surface area contributed by atoms with Crippen LogP contribution in [0.5, 0.6) is 0 Å². The lowest BCUT2D eigenvalue weighted by atomic mass is 9.82. The molecule has 4 heteroatoms. The molecule has 0 amide bonds. The Morgan fingerprint density at radius 1 is 1.05 bits per heavy atom. The predicted molar refractivity (Wildman–Crippen MR) is 86.2 cm³/mol. The largest absolute Gasteiger partial charge is 0.463 e. The Hall–Kier alpha value is -1.32. The Morgan fingerprint density at radius 2 is 1.64 bits per heavy atom. The van der Waals surface area contributed by atoms with Gasteiger partial charge in [-0.25, -0.2) is 9.59 Å². The summed E-state index contributed by atoms with van der Waals surface area (Å²) in [6, 6.07) is 0. The second-order valence-corrected chi connectivity index (χ2v) is 7.01. The zero-order valence-electron chi connectivity index (χ0n) is 14.3. The van der Waals surface area contributed by atoms with Crippen LogP contribution < -0.4 is 0 Å². The first-order valence-corrected chi connectivity index (χ1v) is 8.42. The van der Waals surface area contributed by atoms with Crippen LogP contribution in [0.25, 0.3) is 0 Å². The molecule has 126 valence electrons. The Kier molecular flexibility index (Phi) is 8.21. The molecule has 0 aromatic rings. The third-order valence-electron chi connectivity index (χ3n) is 3.94. The van der Waals surface area contributed by atoms with Crippen LogP contribution in [-0.4, -0.2) is 24.6 Å². The van der Waals surface area contributed by atoms with Crippen molar-refractivity contribution in [3.05, 3.63) is 12.2 Å². The SMILES string of the molecule is CC(C)CCCOC(=O)/C=C/C(=O)OC1CC(C)CC(C)C1. The predicted octanol–water partition coefficient (Wildman–Crippen LogP) is 3.89. The number of esters is 2. The number of ether oxygens (including phenoxy) is 2. The molecule has 1 saturated carbocycles. The molecule has 2 unspecified atom stereocenters. The average molecular weight is 310 g/mol. The van der Waals surface area contributed by atoms with Crippen molar-refractivity contribution in [3.8, 4) is 0 Å². The van der Waals surface area contributed by atoms with E-state index >= 15 is 0 Å². The highest BCUT2D eigenvalue weighted by Crippen LogP contribution is 2.30. The van der Waals surface area contributed by atoms with Crippen LogP contribution in [0.1, 0.15) is 59.8 Å². The summed E-state index contributed by atoms with van der Waals surface area (Å²) in [5.74, 6) is 0.828. The standard InChI is InChI=1S/C18H30O4/c1-13(2)6-5-9-21-17(19)7-8-18(20)22-16-11-14(3)10-15(4)12-16/h7-8,13-16H,5-6,9-12H2,1-4H3/b8-7+. The van der Waals surface area contributed by atoms with Crippen LogP contribution in [0.4, 0.5) is 0 Å². The summed E-state index contributed by atoms with van der Waals surface area (Å²) >= 11 is 0. The van der Waals surface area contributed by atoms with E-state index < -0.39 is 11.9 Å². The number of carbonyl (C=O) groups is 2. The Morgan fingerprint density at radius 3 is 2.23 bits per heavy atom. The van der Waals surface area contributed by atoms with Crippen molar-refractivity contribution in [1.82, 2.24) is 0 Å². The molecule has 22 heavy (non-hydrogen) atoms. The van der Waals surface area contributed by atoms with Crippen LogP contribution in [0, 0.1) is 17.8 Å². The second-order valence-electron chi connectivity index (χ2n) is 7.01. The lowest BCUT2D eigenvalue weighted by molar-refractivity contribution is -0.146. The molecule has 0 spiro atoms. The van der Waals surface area contributed by atoms with Gasteiger partial charge in [-0.15, -0.1) is 0 Å². The highest BCUT2D eigenvalue weighted by Gasteiger charge is 2.26. The van der Waals surface area contributed by atoms with Crippen molar-refractivity contribution >= 4 is 11.9 Å². The van der Waals surface area contributed by atoms with Crippen LogP contribution in [0.2, 0.25) is 0 Å². The van der Waals surface area contributed by atoms with E-state index in [1.807, 2.05) is 0 Å². The van der Waals surface area contributed by atoms with Gasteiger partial charge in [-0.05, 0) is 49.9 Å². The number of hydrogen-bond acceptors (Lipinski definition) is 4. The molecule has 0 aliphatic heterocycles. The van der Waals surface area contributed by atoms with Crippen molar-refractivity contribution in [3.63, 3.8) is 0 Å². The lowest BCUT2D eigenvalue weighted by Crippen LogP contribution is -2.28. The minimum absolute atomic E-state index is 0.0297. The van der Waals surface area contributed by atoms with Gasteiger partial charge in [0, 0.05) is 12.2 Å². The summed E-state index contributed by atoms with van der Waals surface area (Å²) in [6.07, 6.45) is 7.18. The maximum atomic E-state index is 11.7. The molecule has 2 atom stereocenters. The zero-order valence-corrected chi connectivity index (χ0v) is 14.3. The molecular formula is C18H30O4. The van der Waals surface area contributed by atoms with E-state index in [2.05, 4.69) is 27.7 Å². The fourth-order valence-corrected chi connectivity index (χ4v) is 3.02. The summed E-state index contributed by atoms with van der Waals surface area (Å²) in [4.78, 5) is 23.2. The molecule has 0 aromatic carbocycles. The second kappa shape index (κ2) is 9.65. The Balaban J connectivity index is 2.24. The van der Waals surface area contributed by atoms with E-state index in [1.165, 1.54) is 12.5 Å². The maximum absolute atomic E-state index is 11.7. The van der Waals surface area contributed by atoms with E-state index in [4.69, 9.17) is 9.47 Å². The smallest absolute Gasteiger partial charge is 0.331 e. The van der Waals surface area contributed by atoms with Gasteiger partial charge < -0.3 is 9.47 Å². The van der Waals surface area contributed by atoms with E-state index in [1.54, 1.807) is 0 Å². The van der Waals surface area contributed by atoms with Crippen LogP contribution in [0.3, 0.4) is 0 Å². The molecular weight excluding hydrogens is 280 g/mol. The van der Waals surface area contributed by atoms with Crippen molar-refractivity contribution < 1.29 is 19.1 Å². The van der Waals surface area contributed by atoms with E-state index in [0.29, 0.717) is 24.4 Å². The van der Waals surface area contributed by atoms with E-state index in [9.17, 15) is 9.59 Å². The molecule has 0 aromatic heterocycles. The summed E-state index contributed by atoms with van der Waals surface area (Å²) < 4.78 is 10.4. The molecule has 1 aliphatic carbocycles. The van der Waals surface area contributed by atoms with Crippen LogP contribution >= 0.6 is 0 Å². The van der Waals surface area contributed by atoms with Gasteiger partial charge in [0.05, 0.1) is 6.61 Å². The van der Waals surface area contributed by atoms with E-state index in [-0.39, 0.29) is 6.10 Å².